The van der Waals surface area contributed by atoms with Crippen LogP contribution in [0.25, 0.3) is 16.8 Å². The average Bonchev–Trinajstić information content (AvgIpc) is 2.86. The van der Waals surface area contributed by atoms with E-state index >= 15 is 0 Å². The van der Waals surface area contributed by atoms with Crippen molar-refractivity contribution < 1.29 is 0 Å². The smallest absolute Gasteiger partial charge is 0.195 e. The highest BCUT2D eigenvalue weighted by Gasteiger charge is 2.19. The van der Waals surface area contributed by atoms with E-state index in [1.165, 1.54) is 0 Å². The number of thioether (sulfide) groups is 1. The van der Waals surface area contributed by atoms with Gasteiger partial charge in [0.15, 0.2) is 5.16 Å². The molecule has 0 unspecified atom stereocenters. The fourth-order valence-corrected chi connectivity index (χ4v) is 3.01. The number of fused-ring (bicyclic) bond motifs is 1. The van der Waals surface area contributed by atoms with Crippen LogP contribution < -0.4 is 0 Å². The highest BCUT2D eigenvalue weighted by Crippen LogP contribution is 2.30. The second-order valence-electron chi connectivity index (χ2n) is 5.30. The molecule has 0 radical (unpaired) electrons. The summed E-state index contributed by atoms with van der Waals surface area (Å²) in [6.45, 7) is 6.35. The first-order chi connectivity index (χ1) is 10.1. The molecule has 5 heteroatoms. The van der Waals surface area contributed by atoms with Gasteiger partial charge < -0.3 is 0 Å². The summed E-state index contributed by atoms with van der Waals surface area (Å²) in [7, 11) is 0. The second-order valence-corrected chi connectivity index (χ2v) is 6.07. The first kappa shape index (κ1) is 14.1. The number of hydrogen-bond acceptors (Lipinski definition) is 4. The van der Waals surface area contributed by atoms with Crippen LogP contribution in [0.2, 0.25) is 0 Å². The van der Waals surface area contributed by atoms with E-state index in [0.717, 1.165) is 33.4 Å². The van der Waals surface area contributed by atoms with Crippen LogP contribution in [-0.2, 0) is 0 Å². The minimum atomic E-state index is 0.338. The van der Waals surface area contributed by atoms with E-state index in [0.29, 0.717) is 5.92 Å². The van der Waals surface area contributed by atoms with Crippen molar-refractivity contribution in [2.24, 2.45) is 0 Å². The minimum absolute atomic E-state index is 0.338. The van der Waals surface area contributed by atoms with E-state index in [1.807, 2.05) is 31.4 Å². The molecule has 1 aromatic carbocycles. The van der Waals surface area contributed by atoms with Crippen molar-refractivity contribution >= 4 is 17.3 Å². The van der Waals surface area contributed by atoms with Gasteiger partial charge in [0, 0.05) is 11.5 Å². The summed E-state index contributed by atoms with van der Waals surface area (Å²) in [5, 5.41) is 9.73. The van der Waals surface area contributed by atoms with Crippen LogP contribution in [0.15, 0.2) is 35.5 Å². The van der Waals surface area contributed by atoms with Gasteiger partial charge in [-0.3, -0.25) is 4.40 Å². The number of nitrogens with zero attached hydrogens (tertiary/aromatic N) is 4. The number of benzene rings is 1. The molecule has 3 rings (SSSR count). The van der Waals surface area contributed by atoms with Gasteiger partial charge in [0.25, 0.3) is 0 Å². The molecule has 3 aromatic rings. The molecule has 4 nitrogen and oxygen atoms in total. The average molecular weight is 298 g/mol. The highest BCUT2D eigenvalue weighted by atomic mass is 32.2. The van der Waals surface area contributed by atoms with E-state index in [-0.39, 0.29) is 0 Å². The van der Waals surface area contributed by atoms with Crippen LogP contribution in [0.4, 0.5) is 0 Å². The molecule has 0 saturated carbocycles. The molecule has 2 aromatic heterocycles. The van der Waals surface area contributed by atoms with Crippen molar-refractivity contribution in [3.8, 4) is 11.3 Å². The third-order valence-electron chi connectivity index (χ3n) is 3.48. The molecular formula is C16H18N4S. The van der Waals surface area contributed by atoms with Crippen LogP contribution in [-0.4, -0.2) is 25.8 Å². The minimum Gasteiger partial charge on any atom is -0.271 e. The lowest BCUT2D eigenvalue weighted by Gasteiger charge is -2.10. The van der Waals surface area contributed by atoms with Gasteiger partial charge >= 0.3 is 0 Å². The molecule has 0 spiro atoms. The van der Waals surface area contributed by atoms with Gasteiger partial charge in [0.05, 0.1) is 11.2 Å². The largest absolute Gasteiger partial charge is 0.271 e. The second kappa shape index (κ2) is 5.48. The Hall–Kier alpha value is -1.88. The summed E-state index contributed by atoms with van der Waals surface area (Å²) in [5.74, 6) is 1.38. The van der Waals surface area contributed by atoms with E-state index in [1.54, 1.807) is 11.8 Å². The SMILES string of the molecule is CSc1nnc(-c2ccccc2)c2c(C)nc(C(C)C)n12. The number of imidazole rings is 1. The van der Waals surface area contributed by atoms with Crippen LogP contribution in [0.1, 0.15) is 31.3 Å². The van der Waals surface area contributed by atoms with Crippen LogP contribution >= 0.6 is 11.8 Å². The zero-order valence-corrected chi connectivity index (χ0v) is 13.5. The van der Waals surface area contributed by atoms with Gasteiger partial charge in [0.2, 0.25) is 0 Å². The Balaban J connectivity index is 2.39. The molecule has 0 bridgehead atoms. The zero-order valence-electron chi connectivity index (χ0n) is 12.7. The Morgan fingerprint density at radius 3 is 2.43 bits per heavy atom. The Labute approximate surface area is 128 Å². The standard InChI is InChI=1S/C16H18N4S/c1-10(2)15-17-11(3)14-13(12-8-6-5-7-9-12)18-19-16(21-4)20(14)15/h5-10H,1-4H3. The molecule has 0 atom stereocenters. The number of aromatic nitrogens is 4. The molecule has 0 fully saturated rings. The van der Waals surface area contributed by atoms with Gasteiger partial charge in [-0.25, -0.2) is 4.98 Å². The maximum absolute atomic E-state index is 4.75. The normalized spacial score (nSPS) is 11.5. The van der Waals surface area contributed by atoms with Crippen molar-refractivity contribution in [1.82, 2.24) is 19.6 Å². The Bertz CT molecular complexity index is 778. The van der Waals surface area contributed by atoms with E-state index in [4.69, 9.17) is 4.98 Å². The first-order valence-electron chi connectivity index (χ1n) is 6.98. The fraction of sp³-hybridized carbons (Fsp3) is 0.312. The van der Waals surface area contributed by atoms with Crippen molar-refractivity contribution in [3.63, 3.8) is 0 Å². The van der Waals surface area contributed by atoms with Gasteiger partial charge in [0.1, 0.15) is 11.5 Å². The lowest BCUT2D eigenvalue weighted by Crippen LogP contribution is -2.04. The fourth-order valence-electron chi connectivity index (χ4n) is 2.52. The molecule has 0 aliphatic carbocycles. The highest BCUT2D eigenvalue weighted by molar-refractivity contribution is 7.98. The summed E-state index contributed by atoms with van der Waals surface area (Å²) >= 11 is 1.60. The summed E-state index contributed by atoms with van der Waals surface area (Å²) < 4.78 is 2.15. The molecule has 0 aliphatic heterocycles. The van der Waals surface area contributed by atoms with E-state index in [9.17, 15) is 0 Å². The maximum Gasteiger partial charge on any atom is 0.195 e. The monoisotopic (exact) mass is 298 g/mol. The first-order valence-corrected chi connectivity index (χ1v) is 8.21. The summed E-state index contributed by atoms with van der Waals surface area (Å²) in [6, 6.07) is 10.2. The van der Waals surface area contributed by atoms with Gasteiger partial charge in [-0.2, -0.15) is 0 Å². The maximum atomic E-state index is 4.75. The summed E-state index contributed by atoms with van der Waals surface area (Å²) in [5.41, 5.74) is 4.03. The Morgan fingerprint density at radius 2 is 1.81 bits per heavy atom. The van der Waals surface area contributed by atoms with Gasteiger partial charge in [-0.05, 0) is 13.2 Å². The lowest BCUT2D eigenvalue weighted by molar-refractivity contribution is 0.708. The molecule has 0 aliphatic rings. The molecule has 0 amide bonds. The van der Waals surface area contributed by atoms with Crippen molar-refractivity contribution in [1.29, 1.82) is 0 Å². The van der Waals surface area contributed by atoms with Crippen LogP contribution in [0.3, 0.4) is 0 Å². The van der Waals surface area contributed by atoms with E-state index in [2.05, 4.69) is 40.6 Å². The van der Waals surface area contributed by atoms with Crippen LogP contribution in [0, 0.1) is 6.92 Å². The van der Waals surface area contributed by atoms with Gasteiger partial charge in [-0.1, -0.05) is 55.9 Å². The third-order valence-corrected chi connectivity index (χ3v) is 4.10. The molecule has 0 N–H and O–H groups in total. The van der Waals surface area contributed by atoms with Gasteiger partial charge in [-0.15, -0.1) is 10.2 Å². The van der Waals surface area contributed by atoms with Crippen molar-refractivity contribution in [2.75, 3.05) is 6.26 Å². The molecule has 21 heavy (non-hydrogen) atoms. The van der Waals surface area contributed by atoms with Crippen LogP contribution in [0.5, 0.6) is 0 Å². The summed E-state index contributed by atoms with van der Waals surface area (Å²) in [6.07, 6.45) is 2.02. The number of hydrogen-bond donors (Lipinski definition) is 0. The summed E-state index contributed by atoms with van der Waals surface area (Å²) in [4.78, 5) is 4.75. The van der Waals surface area contributed by atoms with Crippen molar-refractivity contribution in [2.45, 2.75) is 31.8 Å². The Morgan fingerprint density at radius 1 is 1.10 bits per heavy atom. The number of aryl methyl sites for hydroxylation is 1. The Kier molecular flexibility index (Phi) is 3.68. The third kappa shape index (κ3) is 2.31. The predicted molar refractivity (Wildman–Crippen MR) is 86.8 cm³/mol. The topological polar surface area (TPSA) is 43.1 Å². The lowest BCUT2D eigenvalue weighted by atomic mass is 10.1. The van der Waals surface area contributed by atoms with Crippen molar-refractivity contribution in [3.05, 3.63) is 41.9 Å². The molecular weight excluding hydrogens is 280 g/mol. The molecule has 2 heterocycles. The zero-order chi connectivity index (χ0) is 15.0. The molecule has 0 saturated heterocycles. The molecule has 108 valence electrons. The predicted octanol–water partition coefficient (Wildman–Crippen LogP) is 3.95. The number of rotatable bonds is 3. The quantitative estimate of drug-likeness (QED) is 0.687. The van der Waals surface area contributed by atoms with E-state index < -0.39 is 0 Å².